The molecule has 5 heteroatoms. The first kappa shape index (κ1) is 19.0. The van der Waals surface area contributed by atoms with E-state index in [1.165, 1.54) is 0 Å². The smallest absolute Gasteiger partial charge is 0.176 e. The summed E-state index contributed by atoms with van der Waals surface area (Å²) in [4.78, 5) is 4.36. The fourth-order valence-corrected chi connectivity index (χ4v) is 2.24. The Labute approximate surface area is 149 Å². The highest BCUT2D eigenvalue weighted by atomic mass is 16.7. The van der Waals surface area contributed by atoms with E-state index in [0.29, 0.717) is 31.3 Å². The molecule has 0 saturated carbocycles. The number of hydrogen-bond acceptors (Lipinski definition) is 5. The van der Waals surface area contributed by atoms with E-state index in [0.717, 1.165) is 11.1 Å². The largest absolute Gasteiger partial charge is 0.493 e. The van der Waals surface area contributed by atoms with Gasteiger partial charge in [-0.15, -0.1) is 0 Å². The molecule has 0 saturated heterocycles. The minimum absolute atomic E-state index is 0.323. The second-order valence-corrected chi connectivity index (χ2v) is 5.30. The monoisotopic (exact) mass is 343 g/mol. The van der Waals surface area contributed by atoms with Crippen LogP contribution in [-0.4, -0.2) is 39.9 Å². The van der Waals surface area contributed by atoms with Crippen molar-refractivity contribution in [3.8, 4) is 11.5 Å². The summed E-state index contributed by atoms with van der Waals surface area (Å²) in [5.74, 6) is 1.38. The van der Waals surface area contributed by atoms with Crippen LogP contribution in [-0.2, 0) is 16.1 Å². The Morgan fingerprint density at radius 1 is 1.04 bits per heavy atom. The predicted octanol–water partition coefficient (Wildman–Crippen LogP) is 3.70. The fraction of sp³-hybridized carbons (Fsp3) is 0.350. The maximum absolute atomic E-state index is 5.85. The van der Waals surface area contributed by atoms with Gasteiger partial charge in [-0.1, -0.05) is 30.3 Å². The Morgan fingerprint density at radius 2 is 1.84 bits per heavy atom. The zero-order valence-electron chi connectivity index (χ0n) is 15.0. The van der Waals surface area contributed by atoms with E-state index < -0.39 is 0 Å². The van der Waals surface area contributed by atoms with Gasteiger partial charge in [-0.25, -0.2) is 0 Å². The quantitative estimate of drug-likeness (QED) is 0.487. The van der Waals surface area contributed by atoms with Crippen LogP contribution in [0.2, 0.25) is 0 Å². The van der Waals surface area contributed by atoms with Crippen molar-refractivity contribution in [2.75, 3.05) is 27.4 Å². The van der Waals surface area contributed by atoms with E-state index in [9.17, 15) is 0 Å². The van der Waals surface area contributed by atoms with Crippen LogP contribution in [0.15, 0.2) is 53.5 Å². The number of aliphatic imine (C=N–C) groups is 1. The highest BCUT2D eigenvalue weighted by Crippen LogP contribution is 2.28. The minimum atomic E-state index is -0.323. The molecule has 0 aliphatic heterocycles. The van der Waals surface area contributed by atoms with E-state index in [1.807, 2.05) is 55.5 Å². The van der Waals surface area contributed by atoms with Gasteiger partial charge in [0.05, 0.1) is 13.7 Å². The molecule has 0 radical (unpaired) electrons. The summed E-state index contributed by atoms with van der Waals surface area (Å²) in [6, 6.07) is 15.7. The highest BCUT2D eigenvalue weighted by Gasteiger charge is 2.07. The lowest BCUT2D eigenvalue weighted by molar-refractivity contribution is -0.112. The van der Waals surface area contributed by atoms with Crippen LogP contribution in [0.25, 0.3) is 0 Å². The van der Waals surface area contributed by atoms with Crippen LogP contribution < -0.4 is 9.47 Å². The zero-order valence-corrected chi connectivity index (χ0v) is 15.0. The van der Waals surface area contributed by atoms with Gasteiger partial charge in [-0.3, -0.25) is 4.99 Å². The fourth-order valence-electron chi connectivity index (χ4n) is 2.24. The summed E-state index contributed by atoms with van der Waals surface area (Å²) in [5, 5.41) is 0. The standard InChI is InChI=1S/C20H25NO4/c1-4-24-20(23-3)14-21-13-17-10-11-18(19(12-17)22-2)25-15-16-8-6-5-7-9-16/h5-13,20H,4,14-15H2,1-3H3. The van der Waals surface area contributed by atoms with Crippen molar-refractivity contribution < 1.29 is 18.9 Å². The lowest BCUT2D eigenvalue weighted by Crippen LogP contribution is -2.18. The molecule has 5 nitrogen and oxygen atoms in total. The number of nitrogens with zero attached hydrogens (tertiary/aromatic N) is 1. The van der Waals surface area contributed by atoms with Gasteiger partial charge in [0, 0.05) is 19.9 Å². The van der Waals surface area contributed by atoms with Gasteiger partial charge in [-0.2, -0.15) is 0 Å². The Balaban J connectivity index is 1.98. The van der Waals surface area contributed by atoms with Gasteiger partial charge in [0.15, 0.2) is 17.8 Å². The molecule has 0 aromatic heterocycles. The van der Waals surface area contributed by atoms with E-state index in [-0.39, 0.29) is 6.29 Å². The predicted molar refractivity (Wildman–Crippen MR) is 98.7 cm³/mol. The molecule has 0 bridgehead atoms. The molecule has 25 heavy (non-hydrogen) atoms. The molecule has 0 aliphatic rings. The summed E-state index contributed by atoms with van der Waals surface area (Å²) >= 11 is 0. The zero-order chi connectivity index (χ0) is 17.9. The average molecular weight is 343 g/mol. The van der Waals surface area contributed by atoms with Gasteiger partial charge < -0.3 is 18.9 Å². The molecule has 0 heterocycles. The number of benzene rings is 2. The molecule has 0 amide bonds. The molecule has 2 rings (SSSR count). The van der Waals surface area contributed by atoms with E-state index >= 15 is 0 Å². The normalized spacial score (nSPS) is 12.3. The second kappa shape index (κ2) is 10.5. The van der Waals surface area contributed by atoms with Crippen LogP contribution in [0.1, 0.15) is 18.1 Å². The van der Waals surface area contributed by atoms with Crippen molar-refractivity contribution in [3.05, 3.63) is 59.7 Å². The van der Waals surface area contributed by atoms with Crippen LogP contribution in [0, 0.1) is 0 Å². The lowest BCUT2D eigenvalue weighted by Gasteiger charge is -2.12. The van der Waals surface area contributed by atoms with Crippen molar-refractivity contribution in [1.29, 1.82) is 0 Å². The van der Waals surface area contributed by atoms with E-state index in [1.54, 1.807) is 20.4 Å². The van der Waals surface area contributed by atoms with Crippen molar-refractivity contribution in [1.82, 2.24) is 0 Å². The third kappa shape index (κ3) is 6.21. The summed E-state index contributed by atoms with van der Waals surface area (Å²) in [7, 11) is 3.24. The number of methoxy groups -OCH3 is 2. The molecule has 0 fully saturated rings. The molecule has 134 valence electrons. The SMILES string of the molecule is CCOC(CN=Cc1ccc(OCc2ccccc2)c(OC)c1)OC. The molecule has 1 unspecified atom stereocenters. The molecule has 2 aromatic rings. The maximum atomic E-state index is 5.85. The first-order chi connectivity index (χ1) is 12.3. The van der Waals surface area contributed by atoms with E-state index in [2.05, 4.69) is 4.99 Å². The molecular formula is C20H25NO4. The van der Waals surface area contributed by atoms with Crippen molar-refractivity contribution >= 4 is 6.21 Å². The Bertz CT molecular complexity index is 658. The topological polar surface area (TPSA) is 49.3 Å². The summed E-state index contributed by atoms with van der Waals surface area (Å²) in [6.07, 6.45) is 1.45. The molecule has 2 aromatic carbocycles. The van der Waals surface area contributed by atoms with Crippen molar-refractivity contribution in [3.63, 3.8) is 0 Å². The molecule has 1 atom stereocenters. The Kier molecular flexibility index (Phi) is 7.95. The summed E-state index contributed by atoms with van der Waals surface area (Å²) in [5.41, 5.74) is 2.03. The van der Waals surface area contributed by atoms with Crippen LogP contribution in [0.5, 0.6) is 11.5 Å². The van der Waals surface area contributed by atoms with Crippen LogP contribution in [0.3, 0.4) is 0 Å². The van der Waals surface area contributed by atoms with Crippen molar-refractivity contribution in [2.45, 2.75) is 19.8 Å². The van der Waals surface area contributed by atoms with Gasteiger partial charge >= 0.3 is 0 Å². The third-order valence-corrected chi connectivity index (χ3v) is 3.54. The number of rotatable bonds is 10. The first-order valence-electron chi connectivity index (χ1n) is 8.25. The third-order valence-electron chi connectivity index (χ3n) is 3.54. The van der Waals surface area contributed by atoms with Gasteiger partial charge in [0.2, 0.25) is 0 Å². The lowest BCUT2D eigenvalue weighted by atomic mass is 10.2. The van der Waals surface area contributed by atoms with Crippen LogP contribution in [0.4, 0.5) is 0 Å². The summed E-state index contributed by atoms with van der Waals surface area (Å²) < 4.78 is 21.8. The Hall–Kier alpha value is -2.37. The maximum Gasteiger partial charge on any atom is 0.176 e. The molecular weight excluding hydrogens is 318 g/mol. The Morgan fingerprint density at radius 3 is 2.52 bits per heavy atom. The summed E-state index contributed by atoms with van der Waals surface area (Å²) in [6.45, 7) is 3.46. The van der Waals surface area contributed by atoms with Gasteiger partial charge in [0.1, 0.15) is 6.61 Å². The second-order valence-electron chi connectivity index (χ2n) is 5.30. The minimum Gasteiger partial charge on any atom is -0.493 e. The molecule has 0 spiro atoms. The van der Waals surface area contributed by atoms with Crippen molar-refractivity contribution in [2.24, 2.45) is 4.99 Å². The number of hydrogen-bond donors (Lipinski definition) is 0. The van der Waals surface area contributed by atoms with Gasteiger partial charge in [-0.05, 0) is 36.2 Å². The molecule has 0 N–H and O–H groups in total. The van der Waals surface area contributed by atoms with Gasteiger partial charge in [0.25, 0.3) is 0 Å². The average Bonchev–Trinajstić information content (AvgIpc) is 2.66. The van der Waals surface area contributed by atoms with E-state index in [4.69, 9.17) is 18.9 Å². The molecule has 0 aliphatic carbocycles. The highest BCUT2D eigenvalue weighted by molar-refractivity contribution is 5.80. The first-order valence-corrected chi connectivity index (χ1v) is 8.25. The number of ether oxygens (including phenoxy) is 4. The van der Waals surface area contributed by atoms with Crippen LogP contribution >= 0.6 is 0 Å².